The van der Waals surface area contributed by atoms with Crippen molar-refractivity contribution in [2.75, 3.05) is 13.6 Å². The molecule has 5 heteroatoms. The normalized spacial score (nSPS) is 14.3. The second kappa shape index (κ2) is 7.47. The Morgan fingerprint density at radius 3 is 2.61 bits per heavy atom. The predicted octanol–water partition coefficient (Wildman–Crippen LogP) is 3.82. The van der Waals surface area contributed by atoms with Gasteiger partial charge in [-0.15, -0.1) is 11.3 Å². The van der Waals surface area contributed by atoms with Crippen LogP contribution in [0.25, 0.3) is 0 Å². The first-order chi connectivity index (χ1) is 10.8. The Balaban J connectivity index is 1.81. The highest BCUT2D eigenvalue weighted by molar-refractivity contribution is 7.14. The minimum Gasteiger partial charge on any atom is -0.460 e. The maximum atomic E-state index is 12.5. The molecule has 0 aromatic carbocycles. The lowest BCUT2D eigenvalue weighted by atomic mass is 9.99. The van der Waals surface area contributed by atoms with Crippen LogP contribution in [0, 0.1) is 0 Å². The summed E-state index contributed by atoms with van der Waals surface area (Å²) in [6.45, 7) is 6.15. The third-order valence-corrected chi connectivity index (χ3v) is 5.07. The Kier molecular flexibility index (Phi) is 5.84. The van der Waals surface area contributed by atoms with Gasteiger partial charge in [-0.3, -0.25) is 9.59 Å². The van der Waals surface area contributed by atoms with Gasteiger partial charge in [-0.05, 0) is 64.5 Å². The van der Waals surface area contributed by atoms with E-state index in [0.29, 0.717) is 19.4 Å². The summed E-state index contributed by atoms with van der Waals surface area (Å²) in [5, 5.41) is 0. The van der Waals surface area contributed by atoms with Crippen LogP contribution in [0.1, 0.15) is 66.6 Å². The van der Waals surface area contributed by atoms with Crippen LogP contribution in [0.4, 0.5) is 0 Å². The number of nitrogens with zero attached hydrogens (tertiary/aromatic N) is 1. The quantitative estimate of drug-likeness (QED) is 0.767. The lowest BCUT2D eigenvalue weighted by Crippen LogP contribution is -2.28. The van der Waals surface area contributed by atoms with E-state index in [9.17, 15) is 9.59 Å². The number of hydrogen-bond acceptors (Lipinski definition) is 4. The molecule has 1 aliphatic carbocycles. The fourth-order valence-corrected chi connectivity index (χ4v) is 3.99. The van der Waals surface area contributed by atoms with Crippen LogP contribution < -0.4 is 0 Å². The predicted molar refractivity (Wildman–Crippen MR) is 93.0 cm³/mol. The van der Waals surface area contributed by atoms with Gasteiger partial charge in [0.05, 0.1) is 4.88 Å². The zero-order chi connectivity index (χ0) is 17.0. The van der Waals surface area contributed by atoms with E-state index in [1.165, 1.54) is 23.3 Å². The van der Waals surface area contributed by atoms with Crippen LogP contribution >= 0.6 is 11.3 Å². The summed E-state index contributed by atoms with van der Waals surface area (Å²) in [5.74, 6) is -0.140. The third-order valence-electron chi connectivity index (χ3n) is 3.85. The molecule has 2 rings (SSSR count). The number of esters is 1. The van der Waals surface area contributed by atoms with Crippen LogP contribution in [0.3, 0.4) is 0 Å². The van der Waals surface area contributed by atoms with Crippen molar-refractivity contribution in [1.29, 1.82) is 0 Å². The Labute approximate surface area is 142 Å². The van der Waals surface area contributed by atoms with Crippen LogP contribution in [0.5, 0.6) is 0 Å². The number of hydrogen-bond donors (Lipinski definition) is 0. The molecule has 23 heavy (non-hydrogen) atoms. The lowest BCUT2D eigenvalue weighted by Gasteiger charge is -2.20. The summed E-state index contributed by atoms with van der Waals surface area (Å²) in [7, 11) is 1.80. The number of amides is 1. The average molecular weight is 337 g/mol. The van der Waals surface area contributed by atoms with Crippen molar-refractivity contribution in [1.82, 2.24) is 4.90 Å². The topological polar surface area (TPSA) is 46.6 Å². The minimum atomic E-state index is -0.450. The van der Waals surface area contributed by atoms with E-state index >= 15 is 0 Å². The van der Waals surface area contributed by atoms with E-state index in [2.05, 4.69) is 6.07 Å². The summed E-state index contributed by atoms with van der Waals surface area (Å²) < 4.78 is 5.28. The Hall–Kier alpha value is -1.36. The second-order valence-corrected chi connectivity index (χ2v) is 8.32. The van der Waals surface area contributed by atoms with E-state index in [-0.39, 0.29) is 11.9 Å². The van der Waals surface area contributed by atoms with Gasteiger partial charge in [-0.2, -0.15) is 0 Å². The van der Waals surface area contributed by atoms with Gasteiger partial charge in [0.25, 0.3) is 5.91 Å². The number of aryl methyl sites for hydroxylation is 2. The third kappa shape index (κ3) is 5.34. The van der Waals surface area contributed by atoms with Crippen molar-refractivity contribution in [3.63, 3.8) is 0 Å². The number of carbonyl (C=O) groups is 2. The summed E-state index contributed by atoms with van der Waals surface area (Å²) in [4.78, 5) is 28.1. The second-order valence-electron chi connectivity index (χ2n) is 7.18. The molecule has 1 aromatic rings. The maximum absolute atomic E-state index is 12.5. The molecule has 1 aliphatic rings. The Bertz CT molecular complexity index is 548. The fourth-order valence-electron chi connectivity index (χ4n) is 2.74. The molecule has 0 bridgehead atoms. The Morgan fingerprint density at radius 1 is 1.26 bits per heavy atom. The van der Waals surface area contributed by atoms with Gasteiger partial charge in [0, 0.05) is 24.9 Å². The average Bonchev–Trinajstić information content (AvgIpc) is 2.88. The molecule has 0 unspecified atom stereocenters. The number of fused-ring (bicyclic) bond motifs is 1. The van der Waals surface area contributed by atoms with Crippen molar-refractivity contribution in [2.45, 2.75) is 64.9 Å². The molecule has 0 saturated heterocycles. The van der Waals surface area contributed by atoms with Crippen molar-refractivity contribution >= 4 is 23.2 Å². The monoisotopic (exact) mass is 337 g/mol. The molecule has 0 fully saturated rings. The van der Waals surface area contributed by atoms with Crippen molar-refractivity contribution < 1.29 is 14.3 Å². The lowest BCUT2D eigenvalue weighted by molar-refractivity contribution is -0.154. The number of rotatable bonds is 5. The summed E-state index contributed by atoms with van der Waals surface area (Å²) in [6.07, 6.45) is 5.63. The highest BCUT2D eigenvalue weighted by atomic mass is 32.1. The maximum Gasteiger partial charge on any atom is 0.306 e. The van der Waals surface area contributed by atoms with Crippen molar-refractivity contribution in [2.24, 2.45) is 0 Å². The fraction of sp³-hybridized carbons (Fsp3) is 0.667. The van der Waals surface area contributed by atoms with Gasteiger partial charge in [-0.1, -0.05) is 0 Å². The van der Waals surface area contributed by atoms with Crippen LogP contribution in [-0.4, -0.2) is 36.0 Å². The molecule has 0 aliphatic heterocycles. The molecule has 128 valence electrons. The molecule has 0 N–H and O–H groups in total. The van der Waals surface area contributed by atoms with Gasteiger partial charge in [0.15, 0.2) is 0 Å². The molecule has 1 heterocycles. The Morgan fingerprint density at radius 2 is 1.96 bits per heavy atom. The summed E-state index contributed by atoms with van der Waals surface area (Å²) in [5.41, 5.74) is 0.904. The van der Waals surface area contributed by atoms with Crippen LogP contribution in [-0.2, 0) is 22.4 Å². The molecule has 0 radical (unpaired) electrons. The highest BCUT2D eigenvalue weighted by Gasteiger charge is 2.20. The van der Waals surface area contributed by atoms with Crippen molar-refractivity contribution in [3.8, 4) is 0 Å². The minimum absolute atomic E-state index is 0.0635. The SMILES string of the molecule is CN(CCCC(=O)OC(C)(C)C)C(=O)c1cc2c(s1)CCCC2. The summed E-state index contributed by atoms with van der Waals surface area (Å²) in [6, 6.07) is 2.06. The van der Waals surface area contributed by atoms with Crippen molar-refractivity contribution in [3.05, 3.63) is 21.4 Å². The van der Waals surface area contributed by atoms with Crippen LogP contribution in [0.15, 0.2) is 6.07 Å². The van der Waals surface area contributed by atoms with Crippen LogP contribution in [0.2, 0.25) is 0 Å². The standard InChI is InChI=1S/C18H27NO3S/c1-18(2,3)22-16(20)10-7-11-19(4)17(21)15-12-13-8-5-6-9-14(13)23-15/h12H,5-11H2,1-4H3. The first kappa shape index (κ1) is 18.0. The molecule has 0 spiro atoms. The van der Waals surface area contributed by atoms with Gasteiger partial charge in [0.2, 0.25) is 0 Å². The first-order valence-corrected chi connectivity index (χ1v) is 9.17. The molecule has 0 atom stereocenters. The molecule has 4 nitrogen and oxygen atoms in total. The number of ether oxygens (including phenoxy) is 1. The largest absolute Gasteiger partial charge is 0.460 e. The molecule has 1 aromatic heterocycles. The molecule has 1 amide bonds. The molecule has 0 saturated carbocycles. The molecular formula is C18H27NO3S. The van der Waals surface area contributed by atoms with E-state index < -0.39 is 5.60 Å². The van der Waals surface area contributed by atoms with E-state index in [4.69, 9.17) is 4.74 Å². The number of carbonyl (C=O) groups excluding carboxylic acids is 2. The van der Waals surface area contributed by atoms with E-state index in [1.54, 1.807) is 23.3 Å². The number of thiophene rings is 1. The van der Waals surface area contributed by atoms with Gasteiger partial charge < -0.3 is 9.64 Å². The van der Waals surface area contributed by atoms with Gasteiger partial charge in [-0.25, -0.2) is 0 Å². The van der Waals surface area contributed by atoms with E-state index in [0.717, 1.165) is 17.7 Å². The highest BCUT2D eigenvalue weighted by Crippen LogP contribution is 2.30. The summed E-state index contributed by atoms with van der Waals surface area (Å²) >= 11 is 1.64. The zero-order valence-electron chi connectivity index (χ0n) is 14.6. The van der Waals surface area contributed by atoms with Gasteiger partial charge in [0.1, 0.15) is 5.60 Å². The first-order valence-electron chi connectivity index (χ1n) is 8.35. The zero-order valence-corrected chi connectivity index (χ0v) is 15.4. The van der Waals surface area contributed by atoms with Gasteiger partial charge >= 0.3 is 5.97 Å². The smallest absolute Gasteiger partial charge is 0.306 e. The van der Waals surface area contributed by atoms with E-state index in [1.807, 2.05) is 20.8 Å². The molecular weight excluding hydrogens is 310 g/mol.